The summed E-state index contributed by atoms with van der Waals surface area (Å²) in [4.78, 5) is 29.9. The van der Waals surface area contributed by atoms with Crippen molar-refractivity contribution in [1.29, 1.82) is 0 Å². The Kier molecular flexibility index (Phi) is 3.82. The van der Waals surface area contributed by atoms with Crippen molar-refractivity contribution in [2.75, 3.05) is 6.54 Å². The van der Waals surface area contributed by atoms with Crippen molar-refractivity contribution in [3.8, 4) is 0 Å². The molecule has 0 unspecified atom stereocenters. The second-order valence-electron chi connectivity index (χ2n) is 1.81. The topological polar surface area (TPSA) is 109 Å². The summed E-state index contributed by atoms with van der Waals surface area (Å²) in [6, 6.07) is -1.17. The van der Waals surface area contributed by atoms with E-state index in [4.69, 9.17) is 10.8 Å². The van der Waals surface area contributed by atoms with Gasteiger partial charge in [-0.2, -0.15) is 0 Å². The molecule has 6 nitrogen and oxygen atoms in total. The molecule has 0 saturated heterocycles. The molecule has 0 bridgehead atoms. The predicted molar refractivity (Wildman–Crippen MR) is 34.7 cm³/mol. The molecule has 6 heteroatoms. The number of aldehydes is 1. The van der Waals surface area contributed by atoms with Crippen molar-refractivity contribution in [2.24, 2.45) is 5.73 Å². The number of carboxylic acids is 1. The highest BCUT2D eigenvalue weighted by molar-refractivity contribution is 6.23. The average Bonchev–Trinajstić information content (AvgIpc) is 1.99. The number of hydrogen-bond donors (Lipinski definition) is 3. The van der Waals surface area contributed by atoms with E-state index in [1.807, 2.05) is 5.32 Å². The molecule has 1 amide bonds. The molecule has 0 aromatic heterocycles. The number of carbonyl (C=O) groups excluding carboxylic acids is 2. The van der Waals surface area contributed by atoms with Gasteiger partial charge in [-0.05, 0) is 0 Å². The van der Waals surface area contributed by atoms with E-state index in [-0.39, 0.29) is 12.8 Å². The van der Waals surface area contributed by atoms with Crippen LogP contribution in [-0.2, 0) is 14.4 Å². The number of amides is 1. The molecule has 0 aliphatic heterocycles. The summed E-state index contributed by atoms with van der Waals surface area (Å²) in [5.41, 5.74) is 4.99. The molecule has 0 aromatic carbocycles. The van der Waals surface area contributed by atoms with Gasteiger partial charge in [0, 0.05) is 6.54 Å². The predicted octanol–water partition coefficient (Wildman–Crippen LogP) is -2.29. The van der Waals surface area contributed by atoms with Crippen LogP contribution in [0.3, 0.4) is 0 Å². The number of nitrogens with two attached hydrogens (primary N) is 1. The molecule has 0 saturated carbocycles. The fourth-order valence-electron chi connectivity index (χ4n) is 0.340. The van der Waals surface area contributed by atoms with Crippen LogP contribution in [0.2, 0.25) is 0 Å². The minimum atomic E-state index is -1.23. The third-order valence-corrected chi connectivity index (χ3v) is 0.920. The normalized spacial score (nSPS) is 11.7. The maximum absolute atomic E-state index is 10.2. The summed E-state index contributed by atoms with van der Waals surface area (Å²) in [7, 11) is 0. The van der Waals surface area contributed by atoms with Gasteiger partial charge in [-0.25, -0.2) is 0 Å². The summed E-state index contributed by atoms with van der Waals surface area (Å²) < 4.78 is 0. The van der Waals surface area contributed by atoms with Crippen molar-refractivity contribution in [1.82, 2.24) is 5.32 Å². The Bertz CT molecular complexity index is 179. The minimum absolute atomic E-state index is 0.0502. The van der Waals surface area contributed by atoms with Crippen LogP contribution < -0.4 is 11.1 Å². The first kappa shape index (κ1) is 9.57. The van der Waals surface area contributed by atoms with E-state index >= 15 is 0 Å². The second-order valence-corrected chi connectivity index (χ2v) is 1.81. The molecular weight excluding hydrogens is 152 g/mol. The zero-order valence-corrected chi connectivity index (χ0v) is 5.61. The van der Waals surface area contributed by atoms with Gasteiger partial charge >= 0.3 is 5.97 Å². The maximum atomic E-state index is 10.2. The van der Waals surface area contributed by atoms with Crippen molar-refractivity contribution >= 4 is 18.2 Å². The first-order valence-electron chi connectivity index (χ1n) is 2.79. The first-order chi connectivity index (χ1) is 5.07. The molecule has 4 N–H and O–H groups in total. The lowest BCUT2D eigenvalue weighted by atomic mass is 10.3. The highest BCUT2D eigenvalue weighted by Gasteiger charge is 2.11. The number of aliphatic carboxylic acids is 1. The lowest BCUT2D eigenvalue weighted by Gasteiger charge is -2.04. The SMILES string of the molecule is N[C@@H](CNC(=O)C=O)C(=O)O. The summed E-state index contributed by atoms with van der Waals surface area (Å²) in [5.74, 6) is -2.10. The molecule has 0 aliphatic carbocycles. The van der Waals surface area contributed by atoms with Gasteiger partial charge in [-0.3, -0.25) is 14.4 Å². The number of nitrogens with one attached hydrogen (secondary N) is 1. The van der Waals surface area contributed by atoms with Crippen molar-refractivity contribution < 1.29 is 19.5 Å². The van der Waals surface area contributed by atoms with Gasteiger partial charge in [-0.1, -0.05) is 0 Å². The lowest BCUT2D eigenvalue weighted by molar-refractivity contribution is -0.138. The van der Waals surface area contributed by atoms with E-state index in [2.05, 4.69) is 0 Å². The number of carbonyl (C=O) groups is 3. The molecule has 0 aromatic rings. The Hall–Kier alpha value is -1.43. The van der Waals surface area contributed by atoms with Crippen LogP contribution >= 0.6 is 0 Å². The molecule has 0 aliphatic rings. The third-order valence-electron chi connectivity index (χ3n) is 0.920. The highest BCUT2D eigenvalue weighted by atomic mass is 16.4. The van der Waals surface area contributed by atoms with Crippen LogP contribution in [0.5, 0.6) is 0 Å². The molecule has 0 radical (unpaired) electrons. The van der Waals surface area contributed by atoms with Crippen LogP contribution in [-0.4, -0.2) is 35.9 Å². The van der Waals surface area contributed by atoms with E-state index in [1.165, 1.54) is 0 Å². The molecule has 11 heavy (non-hydrogen) atoms. The fraction of sp³-hybridized carbons (Fsp3) is 0.400. The number of carboxylic acid groups (broad SMARTS) is 1. The van der Waals surface area contributed by atoms with E-state index in [0.717, 1.165) is 0 Å². The second kappa shape index (κ2) is 4.40. The van der Waals surface area contributed by atoms with E-state index in [9.17, 15) is 14.4 Å². The Morgan fingerprint density at radius 3 is 2.55 bits per heavy atom. The van der Waals surface area contributed by atoms with E-state index in [0.29, 0.717) is 0 Å². The van der Waals surface area contributed by atoms with Gasteiger partial charge in [0.1, 0.15) is 6.04 Å². The lowest BCUT2D eigenvalue weighted by Crippen LogP contribution is -2.42. The molecule has 0 heterocycles. The summed E-state index contributed by atoms with van der Waals surface area (Å²) in [6.07, 6.45) is 0.0502. The van der Waals surface area contributed by atoms with Gasteiger partial charge in [0.15, 0.2) is 0 Å². The third kappa shape index (κ3) is 4.04. The Balaban J connectivity index is 3.62. The minimum Gasteiger partial charge on any atom is -0.480 e. The van der Waals surface area contributed by atoms with Gasteiger partial charge < -0.3 is 16.2 Å². The Morgan fingerprint density at radius 1 is 1.64 bits per heavy atom. The summed E-state index contributed by atoms with van der Waals surface area (Å²) in [6.45, 7) is -0.243. The molecule has 0 fully saturated rings. The van der Waals surface area contributed by atoms with Gasteiger partial charge in [0.2, 0.25) is 6.29 Å². The van der Waals surface area contributed by atoms with Crippen LogP contribution in [0.15, 0.2) is 0 Å². The van der Waals surface area contributed by atoms with Crippen molar-refractivity contribution in [2.45, 2.75) is 6.04 Å². The van der Waals surface area contributed by atoms with E-state index < -0.39 is 17.9 Å². The van der Waals surface area contributed by atoms with Crippen LogP contribution in [0.25, 0.3) is 0 Å². The first-order valence-corrected chi connectivity index (χ1v) is 2.79. The van der Waals surface area contributed by atoms with Crippen LogP contribution in [0.1, 0.15) is 0 Å². The largest absolute Gasteiger partial charge is 0.480 e. The molecule has 1 atom stereocenters. The number of rotatable bonds is 4. The smallest absolute Gasteiger partial charge is 0.322 e. The number of hydrogen-bond acceptors (Lipinski definition) is 4. The summed E-state index contributed by atoms with van der Waals surface area (Å²) >= 11 is 0. The maximum Gasteiger partial charge on any atom is 0.322 e. The molecule has 62 valence electrons. The molecule has 0 spiro atoms. The zero-order chi connectivity index (χ0) is 8.85. The zero-order valence-electron chi connectivity index (χ0n) is 5.61. The van der Waals surface area contributed by atoms with Crippen molar-refractivity contribution in [3.63, 3.8) is 0 Å². The van der Waals surface area contributed by atoms with Crippen LogP contribution in [0.4, 0.5) is 0 Å². The fourth-order valence-corrected chi connectivity index (χ4v) is 0.340. The molecule has 0 rings (SSSR count). The van der Waals surface area contributed by atoms with Gasteiger partial charge in [-0.15, -0.1) is 0 Å². The van der Waals surface area contributed by atoms with Gasteiger partial charge in [0.25, 0.3) is 5.91 Å². The highest BCUT2D eigenvalue weighted by Crippen LogP contribution is 1.73. The Morgan fingerprint density at radius 2 is 2.18 bits per heavy atom. The quantitative estimate of drug-likeness (QED) is 0.317. The monoisotopic (exact) mass is 160 g/mol. The van der Waals surface area contributed by atoms with Gasteiger partial charge in [0.05, 0.1) is 0 Å². The standard InChI is InChI=1S/C5H8N2O4/c6-3(5(10)11)1-7-4(9)2-8/h2-3H,1,6H2,(H,7,9)(H,10,11)/t3-/m0/s1. The van der Waals surface area contributed by atoms with Crippen molar-refractivity contribution in [3.05, 3.63) is 0 Å². The average molecular weight is 160 g/mol. The van der Waals surface area contributed by atoms with E-state index in [1.54, 1.807) is 0 Å². The molecular formula is C5H8N2O4. The van der Waals surface area contributed by atoms with Crippen LogP contribution in [0, 0.1) is 0 Å². The summed E-state index contributed by atoms with van der Waals surface area (Å²) in [5, 5.41) is 10.2. The Labute approximate surface area is 62.4 Å².